The van der Waals surface area contributed by atoms with Crippen molar-refractivity contribution in [2.24, 2.45) is 11.0 Å². The number of hydrogen-bond donors (Lipinski definition) is 3. The van der Waals surface area contributed by atoms with Crippen LogP contribution in [0.1, 0.15) is 36.5 Å². The molecule has 3 N–H and O–H groups in total. The fourth-order valence-corrected chi connectivity index (χ4v) is 5.27. The number of carbonyl (C=O) groups excluding carboxylic acids is 2. The van der Waals surface area contributed by atoms with Gasteiger partial charge in [-0.15, -0.1) is 0 Å². The van der Waals surface area contributed by atoms with Crippen LogP contribution in [0, 0.1) is 13.1 Å². The second-order valence-electron chi connectivity index (χ2n) is 8.05. The number of hydrazone groups is 1. The van der Waals surface area contributed by atoms with Gasteiger partial charge in [0.15, 0.2) is 0 Å². The molecule has 0 aliphatic heterocycles. The zero-order chi connectivity index (χ0) is 24.7. The maximum atomic E-state index is 13.4. The van der Waals surface area contributed by atoms with Gasteiger partial charge in [0, 0.05) is 0 Å². The van der Waals surface area contributed by atoms with E-state index in [1.54, 1.807) is 12.1 Å². The van der Waals surface area contributed by atoms with E-state index in [9.17, 15) is 14.7 Å². The molecular formula is C26H25I2N3O3. The Morgan fingerprint density at radius 2 is 1.38 bits per heavy atom. The molecule has 0 radical (unpaired) electrons. The number of aromatic hydroxyl groups is 1. The van der Waals surface area contributed by atoms with Crippen LogP contribution in [-0.2, 0) is 9.59 Å². The van der Waals surface area contributed by atoms with Gasteiger partial charge in [-0.3, -0.25) is 9.59 Å². The van der Waals surface area contributed by atoms with Gasteiger partial charge in [-0.1, -0.05) is 74.5 Å². The first kappa shape index (κ1) is 26.1. The van der Waals surface area contributed by atoms with Crippen molar-refractivity contribution < 1.29 is 14.7 Å². The molecule has 0 aliphatic carbocycles. The molecule has 0 heterocycles. The summed E-state index contributed by atoms with van der Waals surface area (Å²) in [5.41, 5.74) is 4.98. The number of nitrogens with zero attached hydrogens (tertiary/aromatic N) is 1. The van der Waals surface area contributed by atoms with Crippen LogP contribution >= 0.6 is 45.2 Å². The average molecular weight is 681 g/mol. The van der Waals surface area contributed by atoms with Crippen LogP contribution in [0.3, 0.4) is 0 Å². The molecule has 3 aromatic rings. The van der Waals surface area contributed by atoms with Gasteiger partial charge in [-0.05, 0) is 79.9 Å². The highest BCUT2D eigenvalue weighted by Crippen LogP contribution is 2.27. The van der Waals surface area contributed by atoms with E-state index in [4.69, 9.17) is 0 Å². The molecule has 0 fully saturated rings. The smallest absolute Gasteiger partial charge is 0.262 e. The second-order valence-corrected chi connectivity index (χ2v) is 10.4. The Kier molecular flexibility index (Phi) is 9.45. The molecule has 2 amide bonds. The first-order valence-corrected chi connectivity index (χ1v) is 12.8. The Bertz CT molecular complexity index is 1110. The Balaban J connectivity index is 1.76. The number of phenols is 1. The molecule has 6 nitrogen and oxygen atoms in total. The van der Waals surface area contributed by atoms with Crippen LogP contribution in [0.4, 0.5) is 0 Å². The molecule has 0 spiro atoms. The first-order valence-electron chi connectivity index (χ1n) is 10.7. The average Bonchev–Trinajstić information content (AvgIpc) is 2.82. The molecule has 0 bridgehead atoms. The van der Waals surface area contributed by atoms with E-state index in [1.807, 2.05) is 120 Å². The lowest BCUT2D eigenvalue weighted by Gasteiger charge is -2.24. The van der Waals surface area contributed by atoms with Crippen molar-refractivity contribution in [1.82, 2.24) is 10.7 Å². The maximum absolute atomic E-state index is 13.4. The van der Waals surface area contributed by atoms with E-state index >= 15 is 0 Å². The summed E-state index contributed by atoms with van der Waals surface area (Å²) in [6.45, 7) is 3.75. The maximum Gasteiger partial charge on any atom is 0.262 e. The molecule has 0 saturated carbocycles. The summed E-state index contributed by atoms with van der Waals surface area (Å²) in [6, 6.07) is 21.8. The molecule has 0 saturated heterocycles. The monoisotopic (exact) mass is 681 g/mol. The minimum Gasteiger partial charge on any atom is -0.506 e. The van der Waals surface area contributed by atoms with Crippen molar-refractivity contribution in [3.63, 3.8) is 0 Å². The Morgan fingerprint density at radius 3 is 1.85 bits per heavy atom. The molecule has 1 atom stereocenters. The fourth-order valence-electron chi connectivity index (χ4n) is 3.46. The highest BCUT2D eigenvalue weighted by molar-refractivity contribution is 14.1. The number of halogens is 2. The van der Waals surface area contributed by atoms with Crippen LogP contribution in [0.25, 0.3) is 0 Å². The largest absolute Gasteiger partial charge is 0.506 e. The van der Waals surface area contributed by atoms with E-state index in [0.29, 0.717) is 7.14 Å². The number of hydrogen-bond acceptors (Lipinski definition) is 4. The van der Waals surface area contributed by atoms with Gasteiger partial charge in [-0.25, -0.2) is 5.43 Å². The zero-order valence-corrected chi connectivity index (χ0v) is 23.0. The lowest BCUT2D eigenvalue weighted by atomic mass is 9.89. The second kappa shape index (κ2) is 12.3. The zero-order valence-electron chi connectivity index (χ0n) is 18.7. The van der Waals surface area contributed by atoms with Crippen molar-refractivity contribution in [2.75, 3.05) is 0 Å². The number of amides is 2. The van der Waals surface area contributed by atoms with Gasteiger partial charge in [0.2, 0.25) is 5.91 Å². The predicted molar refractivity (Wildman–Crippen MR) is 151 cm³/mol. The van der Waals surface area contributed by atoms with Crippen molar-refractivity contribution in [3.8, 4) is 5.75 Å². The molecule has 3 aromatic carbocycles. The molecular weight excluding hydrogens is 656 g/mol. The normalized spacial score (nSPS) is 12.2. The van der Waals surface area contributed by atoms with Crippen molar-refractivity contribution in [2.45, 2.75) is 25.8 Å². The van der Waals surface area contributed by atoms with Crippen LogP contribution in [0.15, 0.2) is 77.9 Å². The third kappa shape index (κ3) is 6.78. The first-order chi connectivity index (χ1) is 16.3. The van der Waals surface area contributed by atoms with Crippen molar-refractivity contribution >= 4 is 63.2 Å². The Labute approximate surface area is 226 Å². The van der Waals surface area contributed by atoms with Gasteiger partial charge in [0.05, 0.1) is 19.3 Å². The van der Waals surface area contributed by atoms with Crippen LogP contribution in [0.2, 0.25) is 0 Å². The van der Waals surface area contributed by atoms with Gasteiger partial charge < -0.3 is 10.4 Å². The molecule has 0 unspecified atom stereocenters. The quantitative estimate of drug-likeness (QED) is 0.177. The van der Waals surface area contributed by atoms with E-state index in [0.717, 1.165) is 16.7 Å². The topological polar surface area (TPSA) is 90.8 Å². The number of phenolic OH excluding ortho intramolecular Hbond substituents is 1. The van der Waals surface area contributed by atoms with E-state index in [2.05, 4.69) is 15.8 Å². The standard InChI is InChI=1S/C26H25I2N3O3/c1-16(2)23(26(34)31-29-15-17-13-20(27)24(32)21(28)14-17)30-25(33)22(18-9-5-3-6-10-18)19-11-7-4-8-12-19/h3-16,22-23,32H,1-2H3,(H,30,33)(H,31,34)/b29-15-/t23-/m1/s1. The third-order valence-electron chi connectivity index (χ3n) is 5.20. The van der Waals surface area contributed by atoms with Crippen LogP contribution < -0.4 is 10.7 Å². The SMILES string of the molecule is CC(C)[C@@H](NC(=O)C(c1ccccc1)c1ccccc1)C(=O)N/N=C\c1cc(I)c(O)c(I)c1. The third-order valence-corrected chi connectivity index (χ3v) is 6.85. The van der Waals surface area contributed by atoms with E-state index < -0.39 is 17.9 Å². The Morgan fingerprint density at radius 1 is 0.882 bits per heavy atom. The summed E-state index contributed by atoms with van der Waals surface area (Å²) in [6.07, 6.45) is 1.51. The minimum atomic E-state index is -0.764. The van der Waals surface area contributed by atoms with Gasteiger partial charge >= 0.3 is 0 Å². The predicted octanol–water partition coefficient (Wildman–Crippen LogP) is 5.02. The molecule has 34 heavy (non-hydrogen) atoms. The van der Waals surface area contributed by atoms with Crippen molar-refractivity contribution in [1.29, 1.82) is 0 Å². The number of carbonyl (C=O) groups is 2. The van der Waals surface area contributed by atoms with E-state index in [1.165, 1.54) is 6.21 Å². The summed E-state index contributed by atoms with van der Waals surface area (Å²) < 4.78 is 1.38. The Hall–Kier alpha value is -2.47. The minimum absolute atomic E-state index is 0.151. The van der Waals surface area contributed by atoms with E-state index in [-0.39, 0.29) is 17.6 Å². The number of benzene rings is 3. The highest BCUT2D eigenvalue weighted by Gasteiger charge is 2.29. The van der Waals surface area contributed by atoms with Crippen molar-refractivity contribution in [3.05, 3.63) is 96.6 Å². The van der Waals surface area contributed by atoms with Gasteiger partial charge in [0.25, 0.3) is 5.91 Å². The molecule has 0 aromatic heterocycles. The number of nitrogens with one attached hydrogen (secondary N) is 2. The fraction of sp³-hybridized carbons (Fsp3) is 0.192. The lowest BCUT2D eigenvalue weighted by molar-refractivity contribution is -0.130. The summed E-state index contributed by atoms with van der Waals surface area (Å²) in [4.78, 5) is 26.3. The molecule has 3 rings (SSSR count). The molecule has 176 valence electrons. The summed E-state index contributed by atoms with van der Waals surface area (Å²) in [5, 5.41) is 16.9. The highest BCUT2D eigenvalue weighted by atomic mass is 127. The van der Waals surface area contributed by atoms with Gasteiger partial charge in [-0.2, -0.15) is 5.10 Å². The lowest BCUT2D eigenvalue weighted by Crippen LogP contribution is -2.50. The molecule has 0 aliphatic rings. The summed E-state index contributed by atoms with van der Waals surface area (Å²) in [5.74, 6) is -1.13. The van der Waals surface area contributed by atoms with Crippen LogP contribution in [0.5, 0.6) is 5.75 Å². The summed E-state index contributed by atoms with van der Waals surface area (Å²) in [7, 11) is 0. The molecule has 8 heteroatoms. The number of rotatable bonds is 8. The summed E-state index contributed by atoms with van der Waals surface area (Å²) >= 11 is 4.07. The van der Waals surface area contributed by atoms with Gasteiger partial charge in [0.1, 0.15) is 11.8 Å². The van der Waals surface area contributed by atoms with Crippen LogP contribution in [-0.4, -0.2) is 29.2 Å².